The van der Waals surface area contributed by atoms with Crippen molar-refractivity contribution in [3.63, 3.8) is 0 Å². The highest BCUT2D eigenvalue weighted by atomic mass is 32.1. The van der Waals surface area contributed by atoms with E-state index in [-0.39, 0.29) is 0 Å². The predicted molar refractivity (Wildman–Crippen MR) is 39.0 cm³/mol. The van der Waals surface area contributed by atoms with Gasteiger partial charge in [-0.15, -0.1) is 12.6 Å². The van der Waals surface area contributed by atoms with E-state index in [9.17, 15) is 0 Å². The molecule has 0 radical (unpaired) electrons. The van der Waals surface area contributed by atoms with E-state index in [1.165, 1.54) is 0 Å². The minimum Gasteiger partial charge on any atom is -0.255 e. The Morgan fingerprint density at radius 2 is 1.44 bits per heavy atom. The van der Waals surface area contributed by atoms with Crippen LogP contribution in [-0.2, 0) is 0 Å². The van der Waals surface area contributed by atoms with Gasteiger partial charge in [0.25, 0.3) is 0 Å². The highest BCUT2D eigenvalue weighted by Crippen LogP contribution is 2.00. The maximum atomic E-state index is 6.00. The van der Waals surface area contributed by atoms with E-state index in [2.05, 4.69) is 12.6 Å². The third-order valence-electron chi connectivity index (χ3n) is 0.756. The van der Waals surface area contributed by atoms with Gasteiger partial charge in [-0.1, -0.05) is 18.2 Å². The Labute approximate surface area is 59.1 Å². The fourth-order valence-electron chi connectivity index (χ4n) is 0.428. The van der Waals surface area contributed by atoms with Crippen LogP contribution in [0.25, 0.3) is 0 Å². The van der Waals surface area contributed by atoms with Gasteiger partial charge in [-0.25, -0.2) is 0 Å². The van der Waals surface area contributed by atoms with Gasteiger partial charge in [-0.05, 0) is 12.1 Å². The molecule has 0 fully saturated rings. The molecule has 0 aliphatic heterocycles. The van der Waals surface area contributed by atoms with Crippen LogP contribution < -0.4 is 0 Å². The molecule has 9 heavy (non-hydrogen) atoms. The molecular formula is C6H8O2S. The Kier molecular flexibility index (Phi) is 5.30. The monoisotopic (exact) mass is 144 g/mol. The lowest BCUT2D eigenvalue weighted by Crippen LogP contribution is -1.56. The summed E-state index contributed by atoms with van der Waals surface area (Å²) in [6.07, 6.45) is 0. The molecule has 0 aliphatic rings. The molecule has 3 heteroatoms. The van der Waals surface area contributed by atoms with Crippen LogP contribution in [0.15, 0.2) is 35.2 Å². The molecule has 50 valence electrons. The Morgan fingerprint density at radius 3 is 1.67 bits per heavy atom. The van der Waals surface area contributed by atoms with Gasteiger partial charge >= 0.3 is 0 Å². The number of thiol groups is 1. The Morgan fingerprint density at radius 1 is 1.00 bits per heavy atom. The molecule has 1 aromatic carbocycles. The molecule has 1 rings (SSSR count). The molecular weight excluding hydrogens is 136 g/mol. The number of hydrogen-bond donors (Lipinski definition) is 3. The van der Waals surface area contributed by atoms with Gasteiger partial charge in [0, 0.05) is 4.90 Å². The molecule has 0 aliphatic carbocycles. The van der Waals surface area contributed by atoms with E-state index in [1.54, 1.807) is 0 Å². The summed E-state index contributed by atoms with van der Waals surface area (Å²) in [4.78, 5) is 1.02. The van der Waals surface area contributed by atoms with Crippen molar-refractivity contribution < 1.29 is 10.5 Å². The Balaban J connectivity index is 0.000000291. The second-order valence-corrected chi connectivity index (χ2v) is 1.85. The summed E-state index contributed by atoms with van der Waals surface area (Å²) >= 11 is 4.08. The van der Waals surface area contributed by atoms with Crippen LogP contribution in [0.2, 0.25) is 0 Å². The minimum atomic E-state index is 1.02. The van der Waals surface area contributed by atoms with Crippen molar-refractivity contribution >= 4 is 12.6 Å². The molecule has 0 bridgehead atoms. The third kappa shape index (κ3) is 4.02. The number of rotatable bonds is 0. The van der Waals surface area contributed by atoms with Crippen molar-refractivity contribution in [1.82, 2.24) is 0 Å². The molecule has 0 aromatic heterocycles. The predicted octanol–water partition coefficient (Wildman–Crippen LogP) is 1.99. The first-order chi connectivity index (χ1) is 4.39. The zero-order valence-electron chi connectivity index (χ0n) is 4.73. The average Bonchev–Trinajstić information content (AvgIpc) is 1.94. The summed E-state index contributed by atoms with van der Waals surface area (Å²) < 4.78 is 0. The molecule has 0 saturated carbocycles. The summed E-state index contributed by atoms with van der Waals surface area (Å²) in [5.41, 5.74) is 0. The van der Waals surface area contributed by atoms with Crippen molar-refractivity contribution in [2.75, 3.05) is 0 Å². The minimum absolute atomic E-state index is 1.02. The van der Waals surface area contributed by atoms with E-state index < -0.39 is 0 Å². The fourth-order valence-corrected chi connectivity index (χ4v) is 0.600. The van der Waals surface area contributed by atoms with Crippen LogP contribution in [0.5, 0.6) is 0 Å². The maximum absolute atomic E-state index is 6.00. The highest BCUT2D eigenvalue weighted by Gasteiger charge is 1.73. The third-order valence-corrected chi connectivity index (χ3v) is 1.05. The fraction of sp³-hybridized carbons (Fsp3) is 0. The van der Waals surface area contributed by atoms with Crippen molar-refractivity contribution in [3.05, 3.63) is 30.3 Å². The molecule has 0 heterocycles. The molecule has 1 aromatic rings. The molecule has 0 spiro atoms. The van der Waals surface area contributed by atoms with Crippen LogP contribution in [0.1, 0.15) is 0 Å². The SMILES string of the molecule is OO.Sc1ccccc1. The Bertz CT molecular complexity index is 141. The van der Waals surface area contributed by atoms with Crippen LogP contribution in [0, 0.1) is 0 Å². The topological polar surface area (TPSA) is 40.5 Å². The van der Waals surface area contributed by atoms with Crippen molar-refractivity contribution in [3.8, 4) is 0 Å². The second-order valence-electron chi connectivity index (χ2n) is 1.34. The van der Waals surface area contributed by atoms with E-state index >= 15 is 0 Å². The maximum Gasteiger partial charge on any atom is 0.00399 e. The number of benzene rings is 1. The lowest BCUT2D eigenvalue weighted by atomic mass is 10.4. The largest absolute Gasteiger partial charge is 0.255 e. The van der Waals surface area contributed by atoms with Gasteiger partial charge < -0.3 is 0 Å². The van der Waals surface area contributed by atoms with E-state index in [1.807, 2.05) is 30.3 Å². The van der Waals surface area contributed by atoms with Crippen LogP contribution in [0.4, 0.5) is 0 Å². The lowest BCUT2D eigenvalue weighted by Gasteiger charge is -1.81. The number of hydrogen-bond acceptors (Lipinski definition) is 3. The molecule has 0 unspecified atom stereocenters. The Hall–Kier alpha value is -0.510. The molecule has 2 nitrogen and oxygen atoms in total. The van der Waals surface area contributed by atoms with Gasteiger partial charge in [-0.3, -0.25) is 10.5 Å². The summed E-state index contributed by atoms with van der Waals surface area (Å²) in [6, 6.07) is 9.79. The first-order valence-corrected chi connectivity index (χ1v) is 2.78. The zero-order valence-corrected chi connectivity index (χ0v) is 5.62. The van der Waals surface area contributed by atoms with Gasteiger partial charge in [0.2, 0.25) is 0 Å². The highest BCUT2D eigenvalue weighted by molar-refractivity contribution is 7.80. The second kappa shape index (κ2) is 5.62. The van der Waals surface area contributed by atoms with Gasteiger partial charge in [0.1, 0.15) is 0 Å². The molecule has 0 amide bonds. The molecule has 0 saturated heterocycles. The molecule has 0 atom stereocenters. The van der Waals surface area contributed by atoms with Crippen LogP contribution >= 0.6 is 12.6 Å². The van der Waals surface area contributed by atoms with E-state index in [0.717, 1.165) is 4.90 Å². The van der Waals surface area contributed by atoms with E-state index in [4.69, 9.17) is 10.5 Å². The first kappa shape index (κ1) is 8.49. The molecule has 2 N–H and O–H groups in total. The standard InChI is InChI=1S/C6H6S.H2O2/c7-6-4-2-1-3-5-6;1-2/h1-5,7H;1-2H. The summed E-state index contributed by atoms with van der Waals surface area (Å²) in [5.74, 6) is 0. The zero-order chi connectivity index (χ0) is 7.11. The summed E-state index contributed by atoms with van der Waals surface area (Å²) in [5, 5.41) is 12.0. The van der Waals surface area contributed by atoms with Crippen LogP contribution in [0.3, 0.4) is 0 Å². The van der Waals surface area contributed by atoms with Crippen LogP contribution in [-0.4, -0.2) is 10.5 Å². The smallest absolute Gasteiger partial charge is 0.00399 e. The summed E-state index contributed by atoms with van der Waals surface area (Å²) in [6.45, 7) is 0. The lowest BCUT2D eigenvalue weighted by molar-refractivity contribution is -0.176. The van der Waals surface area contributed by atoms with Gasteiger partial charge in [-0.2, -0.15) is 0 Å². The van der Waals surface area contributed by atoms with E-state index in [0.29, 0.717) is 0 Å². The van der Waals surface area contributed by atoms with Crippen molar-refractivity contribution in [1.29, 1.82) is 0 Å². The average molecular weight is 144 g/mol. The quantitative estimate of drug-likeness (QED) is 0.296. The first-order valence-electron chi connectivity index (χ1n) is 2.33. The summed E-state index contributed by atoms with van der Waals surface area (Å²) in [7, 11) is 0. The van der Waals surface area contributed by atoms with Gasteiger partial charge in [0.15, 0.2) is 0 Å². The van der Waals surface area contributed by atoms with Crippen molar-refractivity contribution in [2.24, 2.45) is 0 Å². The van der Waals surface area contributed by atoms with Crippen molar-refractivity contribution in [2.45, 2.75) is 4.90 Å². The normalized spacial score (nSPS) is 7.44. The van der Waals surface area contributed by atoms with Gasteiger partial charge in [0.05, 0.1) is 0 Å².